The molecular formula is C22H20ClN7O3. The number of hydrogen-bond acceptors (Lipinski definition) is 8. The van der Waals surface area contributed by atoms with Crippen LogP contribution in [0, 0.1) is 0 Å². The third-order valence-corrected chi connectivity index (χ3v) is 4.90. The Balaban J connectivity index is 1.61. The highest BCUT2D eigenvalue weighted by molar-refractivity contribution is 6.30. The molecule has 0 unspecified atom stereocenters. The van der Waals surface area contributed by atoms with Crippen LogP contribution in [0.25, 0.3) is 0 Å². The van der Waals surface area contributed by atoms with Gasteiger partial charge in [0.2, 0.25) is 5.95 Å². The summed E-state index contributed by atoms with van der Waals surface area (Å²) in [6.45, 7) is 2.01. The Morgan fingerprint density at radius 2 is 1.73 bits per heavy atom. The number of halogens is 1. The Morgan fingerprint density at radius 3 is 2.36 bits per heavy atom. The molecule has 0 aliphatic carbocycles. The van der Waals surface area contributed by atoms with Crippen LogP contribution in [0.15, 0.2) is 70.5 Å². The molecule has 0 aliphatic rings. The van der Waals surface area contributed by atoms with Crippen molar-refractivity contribution in [3.05, 3.63) is 92.6 Å². The minimum absolute atomic E-state index is 0.0999. The van der Waals surface area contributed by atoms with Crippen molar-refractivity contribution in [3.63, 3.8) is 0 Å². The summed E-state index contributed by atoms with van der Waals surface area (Å²) in [4.78, 5) is 37.6. The highest BCUT2D eigenvalue weighted by atomic mass is 35.5. The number of hydrogen-bond donors (Lipinski definition) is 2. The van der Waals surface area contributed by atoms with Crippen molar-refractivity contribution in [3.8, 4) is 11.5 Å². The van der Waals surface area contributed by atoms with Crippen LogP contribution < -0.4 is 27.2 Å². The highest BCUT2D eigenvalue weighted by Gasteiger charge is 2.14. The molecule has 3 heterocycles. The number of anilines is 3. The second-order valence-corrected chi connectivity index (χ2v) is 7.41. The molecule has 0 amide bonds. The Labute approximate surface area is 193 Å². The number of aromatic nitrogens is 5. The van der Waals surface area contributed by atoms with Gasteiger partial charge in [-0.15, -0.1) is 0 Å². The van der Waals surface area contributed by atoms with Crippen LogP contribution >= 0.6 is 11.6 Å². The van der Waals surface area contributed by atoms with Crippen LogP contribution in [0.3, 0.4) is 0 Å². The molecule has 0 aliphatic heterocycles. The van der Waals surface area contributed by atoms with E-state index in [2.05, 4.69) is 20.3 Å². The summed E-state index contributed by atoms with van der Waals surface area (Å²) in [5.41, 5.74) is 5.65. The van der Waals surface area contributed by atoms with Crippen molar-refractivity contribution in [1.82, 2.24) is 24.1 Å². The number of ether oxygens (including phenoxy) is 1. The molecule has 4 rings (SSSR count). The minimum atomic E-state index is -0.638. The average molecular weight is 466 g/mol. The lowest BCUT2D eigenvalue weighted by Gasteiger charge is -2.15. The Morgan fingerprint density at radius 1 is 0.970 bits per heavy atom. The first kappa shape index (κ1) is 22.0. The molecule has 0 saturated carbocycles. The average Bonchev–Trinajstić information content (AvgIpc) is 2.81. The van der Waals surface area contributed by atoms with Gasteiger partial charge in [-0.1, -0.05) is 11.6 Å². The third-order valence-electron chi connectivity index (χ3n) is 4.68. The first-order valence-electron chi connectivity index (χ1n) is 10.0. The van der Waals surface area contributed by atoms with E-state index in [0.717, 1.165) is 4.57 Å². The fourth-order valence-corrected chi connectivity index (χ4v) is 3.14. The van der Waals surface area contributed by atoms with Crippen molar-refractivity contribution in [1.29, 1.82) is 0 Å². The zero-order chi connectivity index (χ0) is 23.4. The monoisotopic (exact) mass is 465 g/mol. The van der Waals surface area contributed by atoms with E-state index in [4.69, 9.17) is 22.1 Å². The predicted molar refractivity (Wildman–Crippen MR) is 125 cm³/mol. The smallest absolute Gasteiger partial charge is 0.354 e. The Bertz CT molecular complexity index is 1370. The van der Waals surface area contributed by atoms with Gasteiger partial charge in [0.25, 0.3) is 0 Å². The van der Waals surface area contributed by atoms with E-state index in [1.165, 1.54) is 17.0 Å². The molecule has 168 valence electrons. The van der Waals surface area contributed by atoms with Gasteiger partial charge in [0.15, 0.2) is 0 Å². The van der Waals surface area contributed by atoms with Crippen LogP contribution in [-0.4, -0.2) is 24.1 Å². The minimum Gasteiger partial charge on any atom is -0.456 e. The molecule has 1 aromatic carbocycles. The number of benzene rings is 1. The fourth-order valence-electron chi connectivity index (χ4n) is 3.02. The van der Waals surface area contributed by atoms with Gasteiger partial charge in [0.1, 0.15) is 17.3 Å². The van der Waals surface area contributed by atoms with E-state index in [0.29, 0.717) is 33.7 Å². The van der Waals surface area contributed by atoms with Crippen LogP contribution in [0.2, 0.25) is 5.02 Å². The summed E-state index contributed by atoms with van der Waals surface area (Å²) in [5.74, 6) is 1.62. The largest absolute Gasteiger partial charge is 0.456 e. The summed E-state index contributed by atoms with van der Waals surface area (Å²) in [7, 11) is 0. The fraction of sp³-hybridized carbons (Fsp3) is 0.136. The van der Waals surface area contributed by atoms with Gasteiger partial charge in [-0.3, -0.25) is 9.55 Å². The maximum absolute atomic E-state index is 12.9. The lowest BCUT2D eigenvalue weighted by atomic mass is 10.3. The number of nitrogens with zero attached hydrogens (tertiary/aromatic N) is 5. The summed E-state index contributed by atoms with van der Waals surface area (Å²) < 4.78 is 8.14. The number of nitrogen functional groups attached to an aromatic ring is 1. The zero-order valence-corrected chi connectivity index (χ0v) is 18.4. The molecule has 0 spiro atoms. The van der Waals surface area contributed by atoms with Crippen molar-refractivity contribution < 1.29 is 4.74 Å². The van der Waals surface area contributed by atoms with E-state index in [9.17, 15) is 9.59 Å². The van der Waals surface area contributed by atoms with Gasteiger partial charge in [-0.2, -0.15) is 4.98 Å². The SMILES string of the molecule is CCn1c(=O)nc(Nc2ccc(Oc3ccc(N)nc3)cc2)n(Cc2ccc(Cl)cn2)c1=O. The first-order chi connectivity index (χ1) is 15.9. The Hall–Kier alpha value is -4.18. The van der Waals surface area contributed by atoms with Crippen LogP contribution in [0.5, 0.6) is 11.5 Å². The molecule has 3 N–H and O–H groups in total. The molecular weight excluding hydrogens is 446 g/mol. The molecule has 4 aromatic rings. The zero-order valence-electron chi connectivity index (χ0n) is 17.6. The standard InChI is InChI=1S/C22H20ClN7O3/c1-2-29-21(31)28-20(30(22(29)32)13-16-4-3-14(23)11-25-16)27-15-5-7-17(8-6-15)33-18-9-10-19(24)26-12-18/h3-12H,2,13H2,1H3,(H2,24,26)(H,27,28,31). The molecule has 0 radical (unpaired) electrons. The van der Waals surface area contributed by atoms with Crippen molar-refractivity contribution in [2.45, 2.75) is 20.0 Å². The normalized spacial score (nSPS) is 10.7. The van der Waals surface area contributed by atoms with Gasteiger partial charge in [0, 0.05) is 18.4 Å². The molecule has 0 saturated heterocycles. The highest BCUT2D eigenvalue weighted by Crippen LogP contribution is 2.24. The second-order valence-electron chi connectivity index (χ2n) is 6.97. The van der Waals surface area contributed by atoms with E-state index < -0.39 is 11.4 Å². The topological polar surface area (TPSA) is 130 Å². The van der Waals surface area contributed by atoms with E-state index in [1.54, 1.807) is 55.5 Å². The Kier molecular flexibility index (Phi) is 6.36. The molecule has 0 fully saturated rings. The summed E-state index contributed by atoms with van der Waals surface area (Å²) in [5, 5.41) is 3.52. The van der Waals surface area contributed by atoms with E-state index in [1.807, 2.05) is 0 Å². The molecule has 11 heteroatoms. The molecule has 3 aromatic heterocycles. The lowest BCUT2D eigenvalue weighted by Crippen LogP contribution is -2.42. The van der Waals surface area contributed by atoms with Crippen molar-refractivity contribution in [2.24, 2.45) is 0 Å². The number of nitrogens with two attached hydrogens (primary N) is 1. The van der Waals surface area contributed by atoms with Gasteiger partial charge in [0.05, 0.1) is 23.5 Å². The number of nitrogens with one attached hydrogen (secondary N) is 1. The lowest BCUT2D eigenvalue weighted by molar-refractivity contribution is 0.480. The number of rotatable bonds is 7. The maximum atomic E-state index is 12.9. The third kappa shape index (κ3) is 5.18. The second kappa shape index (κ2) is 9.53. The van der Waals surface area contributed by atoms with Gasteiger partial charge in [-0.05, 0) is 55.5 Å². The molecule has 33 heavy (non-hydrogen) atoms. The number of pyridine rings is 2. The van der Waals surface area contributed by atoms with Crippen molar-refractivity contribution in [2.75, 3.05) is 11.1 Å². The summed E-state index contributed by atoms with van der Waals surface area (Å²) >= 11 is 5.90. The van der Waals surface area contributed by atoms with Gasteiger partial charge in [-0.25, -0.2) is 19.1 Å². The predicted octanol–water partition coefficient (Wildman–Crippen LogP) is 3.03. The summed E-state index contributed by atoms with van der Waals surface area (Å²) in [6.07, 6.45) is 3.02. The maximum Gasteiger partial charge on any atom is 0.354 e. The summed E-state index contributed by atoms with van der Waals surface area (Å²) in [6, 6.07) is 13.7. The van der Waals surface area contributed by atoms with E-state index in [-0.39, 0.29) is 19.0 Å². The van der Waals surface area contributed by atoms with Crippen LogP contribution in [0.1, 0.15) is 12.6 Å². The first-order valence-corrected chi connectivity index (χ1v) is 10.4. The van der Waals surface area contributed by atoms with Crippen LogP contribution in [-0.2, 0) is 13.1 Å². The van der Waals surface area contributed by atoms with Crippen molar-refractivity contribution >= 4 is 29.1 Å². The molecule has 0 bridgehead atoms. The van der Waals surface area contributed by atoms with E-state index >= 15 is 0 Å². The van der Waals surface area contributed by atoms with Crippen LogP contribution in [0.4, 0.5) is 17.5 Å². The molecule has 0 atom stereocenters. The molecule has 10 nitrogen and oxygen atoms in total. The van der Waals surface area contributed by atoms with Gasteiger partial charge >= 0.3 is 11.4 Å². The quantitative estimate of drug-likeness (QED) is 0.426. The van der Waals surface area contributed by atoms with Gasteiger partial charge < -0.3 is 15.8 Å².